The number of carboxylic acids is 1. The minimum atomic E-state index is -1.13. The molecule has 7 heteroatoms. The van der Waals surface area contributed by atoms with Crippen molar-refractivity contribution >= 4 is 27.8 Å². The van der Waals surface area contributed by atoms with Gasteiger partial charge in [0.05, 0.1) is 0 Å². The average molecular weight is 303 g/mol. The highest BCUT2D eigenvalue weighted by atomic mass is 79.9. The average Bonchev–Trinajstić information content (AvgIpc) is 2.23. The van der Waals surface area contributed by atoms with E-state index in [1.165, 1.54) is 23.8 Å². The molecule has 0 spiro atoms. The largest absolute Gasteiger partial charge is 0.480 e. The summed E-state index contributed by atoms with van der Waals surface area (Å²) < 4.78 is 1.85. The first kappa shape index (κ1) is 13.4. The second-order valence-corrected chi connectivity index (χ2v) is 4.36. The van der Waals surface area contributed by atoms with Crippen LogP contribution in [0.5, 0.6) is 0 Å². The first-order valence-electron chi connectivity index (χ1n) is 4.78. The number of carboxylic acid groups (broad SMARTS) is 1. The van der Waals surface area contributed by atoms with Crippen LogP contribution in [0.1, 0.15) is 6.92 Å². The lowest BCUT2D eigenvalue weighted by molar-refractivity contribution is -0.141. The van der Waals surface area contributed by atoms with Gasteiger partial charge in [-0.3, -0.25) is 14.4 Å². The van der Waals surface area contributed by atoms with Gasteiger partial charge in [-0.05, 0) is 28.9 Å². The van der Waals surface area contributed by atoms with Crippen LogP contribution in [0.25, 0.3) is 0 Å². The van der Waals surface area contributed by atoms with Gasteiger partial charge < -0.3 is 15.0 Å². The van der Waals surface area contributed by atoms with Crippen LogP contribution < -0.4 is 10.9 Å². The molecule has 0 bridgehead atoms. The molecule has 0 aliphatic heterocycles. The number of aliphatic carboxylic acids is 1. The molecule has 6 nitrogen and oxygen atoms in total. The molecule has 1 heterocycles. The van der Waals surface area contributed by atoms with E-state index in [0.717, 1.165) is 0 Å². The molecule has 1 aromatic rings. The molecule has 0 fully saturated rings. The van der Waals surface area contributed by atoms with E-state index in [4.69, 9.17) is 5.11 Å². The second kappa shape index (κ2) is 5.62. The Kier molecular flexibility index (Phi) is 4.45. The standard InChI is InChI=1S/C10H11BrN2O4/c1-6(10(16)17)12-8(14)5-13-4-7(11)2-3-9(13)15/h2-4,6H,5H2,1H3,(H,12,14)(H,16,17)/t6-/m0/s1. The fourth-order valence-corrected chi connectivity index (χ4v) is 1.51. The summed E-state index contributed by atoms with van der Waals surface area (Å²) >= 11 is 3.17. The fraction of sp³-hybridized carbons (Fsp3) is 0.300. The van der Waals surface area contributed by atoms with Crippen molar-refractivity contribution in [3.05, 3.63) is 33.2 Å². The zero-order valence-electron chi connectivity index (χ0n) is 9.01. The predicted octanol–water partition coefficient (Wildman–Crippen LogP) is 0.200. The first-order valence-corrected chi connectivity index (χ1v) is 5.57. The van der Waals surface area contributed by atoms with Gasteiger partial charge in [0.25, 0.3) is 5.56 Å². The monoisotopic (exact) mass is 302 g/mol. The third kappa shape index (κ3) is 4.03. The Labute approximate surface area is 105 Å². The first-order chi connectivity index (χ1) is 7.90. The maximum atomic E-state index is 11.4. The van der Waals surface area contributed by atoms with Gasteiger partial charge >= 0.3 is 5.97 Å². The molecule has 0 saturated carbocycles. The van der Waals surface area contributed by atoms with Gasteiger partial charge in [0.2, 0.25) is 5.91 Å². The van der Waals surface area contributed by atoms with Gasteiger partial charge in [-0.25, -0.2) is 0 Å². The molecular weight excluding hydrogens is 292 g/mol. The van der Waals surface area contributed by atoms with Gasteiger partial charge in [0.15, 0.2) is 0 Å². The van der Waals surface area contributed by atoms with Crippen LogP contribution in [0.3, 0.4) is 0 Å². The van der Waals surface area contributed by atoms with Crippen LogP contribution in [0, 0.1) is 0 Å². The minimum absolute atomic E-state index is 0.212. The Morgan fingerprint density at radius 1 is 1.53 bits per heavy atom. The van der Waals surface area contributed by atoms with Crippen LogP contribution in [0.2, 0.25) is 0 Å². The molecule has 92 valence electrons. The summed E-state index contributed by atoms with van der Waals surface area (Å²) in [7, 11) is 0. The Morgan fingerprint density at radius 2 is 2.18 bits per heavy atom. The number of amides is 1. The number of hydrogen-bond donors (Lipinski definition) is 2. The van der Waals surface area contributed by atoms with Gasteiger partial charge in [-0.15, -0.1) is 0 Å². The maximum Gasteiger partial charge on any atom is 0.325 e. The molecule has 1 amide bonds. The van der Waals surface area contributed by atoms with Gasteiger partial charge in [-0.1, -0.05) is 0 Å². The smallest absolute Gasteiger partial charge is 0.325 e. The van der Waals surface area contributed by atoms with Crippen molar-refractivity contribution < 1.29 is 14.7 Å². The molecule has 0 radical (unpaired) electrons. The molecule has 0 aliphatic rings. The molecule has 0 aliphatic carbocycles. The van der Waals surface area contributed by atoms with Crippen molar-refractivity contribution in [3.8, 4) is 0 Å². The Balaban J connectivity index is 2.71. The van der Waals surface area contributed by atoms with E-state index in [1.54, 1.807) is 6.07 Å². The molecule has 17 heavy (non-hydrogen) atoms. The number of nitrogens with zero attached hydrogens (tertiary/aromatic N) is 1. The molecule has 0 unspecified atom stereocenters. The molecule has 1 aromatic heterocycles. The van der Waals surface area contributed by atoms with Crippen molar-refractivity contribution in [3.63, 3.8) is 0 Å². The highest BCUT2D eigenvalue weighted by molar-refractivity contribution is 9.10. The van der Waals surface area contributed by atoms with E-state index in [0.29, 0.717) is 4.47 Å². The summed E-state index contributed by atoms with van der Waals surface area (Å²) in [6.45, 7) is 1.14. The van der Waals surface area contributed by atoms with Crippen molar-refractivity contribution in [1.82, 2.24) is 9.88 Å². The number of carbonyl (C=O) groups is 2. The molecule has 1 rings (SSSR count). The number of carbonyl (C=O) groups excluding carboxylic acids is 1. The second-order valence-electron chi connectivity index (χ2n) is 3.44. The summed E-state index contributed by atoms with van der Waals surface area (Å²) in [5, 5.41) is 10.9. The van der Waals surface area contributed by atoms with E-state index in [-0.39, 0.29) is 12.1 Å². The summed E-state index contributed by atoms with van der Waals surface area (Å²) in [5.41, 5.74) is -0.327. The zero-order valence-corrected chi connectivity index (χ0v) is 10.6. The lowest BCUT2D eigenvalue weighted by Crippen LogP contribution is -2.41. The number of aromatic nitrogens is 1. The third-order valence-corrected chi connectivity index (χ3v) is 2.48. The summed E-state index contributed by atoms with van der Waals surface area (Å²) in [5.74, 6) is -1.65. The van der Waals surface area contributed by atoms with E-state index >= 15 is 0 Å². The van der Waals surface area contributed by atoms with Crippen LogP contribution in [-0.4, -0.2) is 27.6 Å². The van der Waals surface area contributed by atoms with Crippen molar-refractivity contribution in [2.75, 3.05) is 0 Å². The van der Waals surface area contributed by atoms with Gasteiger partial charge in [-0.2, -0.15) is 0 Å². The molecule has 0 aromatic carbocycles. The van der Waals surface area contributed by atoms with E-state index in [2.05, 4.69) is 21.2 Å². The predicted molar refractivity (Wildman–Crippen MR) is 63.6 cm³/mol. The fourth-order valence-electron chi connectivity index (χ4n) is 1.13. The van der Waals surface area contributed by atoms with E-state index in [1.807, 2.05) is 0 Å². The lowest BCUT2D eigenvalue weighted by atomic mass is 10.3. The van der Waals surface area contributed by atoms with E-state index in [9.17, 15) is 14.4 Å². The van der Waals surface area contributed by atoms with Crippen LogP contribution in [0.4, 0.5) is 0 Å². The summed E-state index contributed by atoms with van der Waals surface area (Å²) in [6.07, 6.45) is 1.47. The molecular formula is C10H11BrN2O4. The summed E-state index contributed by atoms with van der Waals surface area (Å²) in [6, 6.07) is 1.90. The number of hydrogen-bond acceptors (Lipinski definition) is 3. The van der Waals surface area contributed by atoms with Crippen LogP contribution in [-0.2, 0) is 16.1 Å². The molecule has 1 atom stereocenters. The Hall–Kier alpha value is -1.63. The quantitative estimate of drug-likeness (QED) is 0.831. The number of halogens is 1. The topological polar surface area (TPSA) is 88.4 Å². The maximum absolute atomic E-state index is 11.4. The van der Waals surface area contributed by atoms with Crippen LogP contribution >= 0.6 is 15.9 Å². The Bertz CT molecular complexity index is 497. The minimum Gasteiger partial charge on any atom is -0.480 e. The molecule has 0 saturated heterocycles. The van der Waals surface area contributed by atoms with E-state index < -0.39 is 17.9 Å². The van der Waals surface area contributed by atoms with Gasteiger partial charge in [0, 0.05) is 16.7 Å². The number of pyridine rings is 1. The highest BCUT2D eigenvalue weighted by Crippen LogP contribution is 2.04. The lowest BCUT2D eigenvalue weighted by Gasteiger charge is -2.10. The number of nitrogens with one attached hydrogen (secondary N) is 1. The van der Waals surface area contributed by atoms with Crippen LogP contribution in [0.15, 0.2) is 27.6 Å². The van der Waals surface area contributed by atoms with Crippen molar-refractivity contribution in [2.24, 2.45) is 0 Å². The zero-order chi connectivity index (χ0) is 13.0. The molecule has 2 N–H and O–H groups in total. The third-order valence-electron chi connectivity index (χ3n) is 2.01. The SMILES string of the molecule is C[C@H](NC(=O)Cn1cc(Br)ccc1=O)C(=O)O. The van der Waals surface area contributed by atoms with Gasteiger partial charge in [0.1, 0.15) is 12.6 Å². The summed E-state index contributed by atoms with van der Waals surface area (Å²) in [4.78, 5) is 33.3. The number of rotatable bonds is 4. The van der Waals surface area contributed by atoms with Crippen molar-refractivity contribution in [1.29, 1.82) is 0 Å². The van der Waals surface area contributed by atoms with Crippen molar-refractivity contribution in [2.45, 2.75) is 19.5 Å². The normalized spacial score (nSPS) is 11.9. The highest BCUT2D eigenvalue weighted by Gasteiger charge is 2.14. The Morgan fingerprint density at radius 3 is 2.76 bits per heavy atom.